The molecule has 0 saturated carbocycles. The number of aromatic nitrogens is 1. The van der Waals surface area contributed by atoms with E-state index in [2.05, 4.69) is 34.0 Å². The molecule has 2 aromatic carbocycles. The average Bonchev–Trinajstić information content (AvgIpc) is 3.17. The first-order valence-corrected chi connectivity index (χ1v) is 8.04. The second-order valence-corrected chi connectivity index (χ2v) is 5.67. The standard InChI is InChI=1S/C20H19NO4/c1-24-20(23)18-13-21-19(25-18)17(22)12-9-14-7-10-16(11-8-14)15-5-3-2-4-6-15/h2-8,10-11,13,17,22H,9,12H2,1H3. The molecule has 1 unspecified atom stereocenters. The highest BCUT2D eigenvalue weighted by molar-refractivity contribution is 5.85. The largest absolute Gasteiger partial charge is 0.463 e. The van der Waals surface area contributed by atoms with Crippen LogP contribution >= 0.6 is 0 Å². The maximum absolute atomic E-state index is 11.3. The lowest BCUT2D eigenvalue weighted by Crippen LogP contribution is -2.01. The number of benzene rings is 2. The number of aliphatic hydroxyl groups excluding tert-OH is 1. The Balaban J connectivity index is 1.59. The average molecular weight is 337 g/mol. The molecule has 3 rings (SSSR count). The van der Waals surface area contributed by atoms with Gasteiger partial charge in [-0.1, -0.05) is 54.6 Å². The molecule has 0 spiro atoms. The number of carbonyl (C=O) groups is 1. The van der Waals surface area contributed by atoms with Crippen molar-refractivity contribution in [2.45, 2.75) is 18.9 Å². The number of aliphatic hydroxyl groups is 1. The Morgan fingerprint density at radius 1 is 1.12 bits per heavy atom. The van der Waals surface area contributed by atoms with Gasteiger partial charge in [0.2, 0.25) is 11.7 Å². The zero-order valence-electron chi connectivity index (χ0n) is 13.9. The van der Waals surface area contributed by atoms with Crippen LogP contribution in [0.2, 0.25) is 0 Å². The first-order valence-electron chi connectivity index (χ1n) is 8.04. The number of hydrogen-bond donors (Lipinski definition) is 1. The zero-order valence-corrected chi connectivity index (χ0v) is 13.9. The Labute approximate surface area is 145 Å². The molecule has 1 atom stereocenters. The molecule has 0 aliphatic heterocycles. The summed E-state index contributed by atoms with van der Waals surface area (Å²) in [7, 11) is 1.26. The van der Waals surface area contributed by atoms with Gasteiger partial charge < -0.3 is 14.3 Å². The minimum atomic E-state index is -0.868. The van der Waals surface area contributed by atoms with Crippen molar-refractivity contribution in [2.75, 3.05) is 7.11 Å². The monoisotopic (exact) mass is 337 g/mol. The first-order chi connectivity index (χ1) is 12.2. The minimum absolute atomic E-state index is 0.0104. The number of esters is 1. The summed E-state index contributed by atoms with van der Waals surface area (Å²) in [6.07, 6.45) is 1.52. The Bertz CT molecular complexity index is 824. The summed E-state index contributed by atoms with van der Waals surface area (Å²) in [5.41, 5.74) is 3.43. The predicted molar refractivity (Wildman–Crippen MR) is 93.0 cm³/mol. The van der Waals surface area contributed by atoms with Crippen molar-refractivity contribution in [1.82, 2.24) is 4.98 Å². The van der Waals surface area contributed by atoms with Crippen LogP contribution in [0, 0.1) is 0 Å². The van der Waals surface area contributed by atoms with Crippen LogP contribution in [0.3, 0.4) is 0 Å². The van der Waals surface area contributed by atoms with Crippen molar-refractivity contribution in [3.05, 3.63) is 78.0 Å². The van der Waals surface area contributed by atoms with Gasteiger partial charge in [-0.25, -0.2) is 9.78 Å². The Morgan fingerprint density at radius 3 is 2.48 bits per heavy atom. The molecule has 0 aliphatic carbocycles. The number of hydrogen-bond acceptors (Lipinski definition) is 5. The fraction of sp³-hybridized carbons (Fsp3) is 0.200. The summed E-state index contributed by atoms with van der Waals surface area (Å²) in [6.45, 7) is 0. The number of ether oxygens (including phenoxy) is 1. The molecule has 0 aliphatic rings. The number of nitrogens with zero attached hydrogens (tertiary/aromatic N) is 1. The molecule has 1 N–H and O–H groups in total. The molecule has 0 bridgehead atoms. The van der Waals surface area contributed by atoms with E-state index in [1.807, 2.05) is 30.3 Å². The van der Waals surface area contributed by atoms with E-state index in [1.54, 1.807) is 0 Å². The fourth-order valence-corrected chi connectivity index (χ4v) is 2.56. The SMILES string of the molecule is COC(=O)c1cnc(C(O)CCc2ccc(-c3ccccc3)cc2)o1. The molecule has 5 heteroatoms. The molecular formula is C20H19NO4. The van der Waals surface area contributed by atoms with Crippen molar-refractivity contribution in [3.63, 3.8) is 0 Å². The van der Waals surface area contributed by atoms with Crippen LogP contribution in [-0.4, -0.2) is 23.2 Å². The summed E-state index contributed by atoms with van der Waals surface area (Å²) in [6, 6.07) is 18.4. The third-order valence-corrected chi connectivity index (χ3v) is 3.96. The molecule has 3 aromatic rings. The first kappa shape index (κ1) is 16.9. The Kier molecular flexibility index (Phi) is 5.26. The van der Waals surface area contributed by atoms with Gasteiger partial charge in [0, 0.05) is 0 Å². The Morgan fingerprint density at radius 2 is 1.80 bits per heavy atom. The molecule has 0 amide bonds. The highest BCUT2D eigenvalue weighted by Gasteiger charge is 2.18. The van der Waals surface area contributed by atoms with Gasteiger partial charge in [0.1, 0.15) is 6.10 Å². The second kappa shape index (κ2) is 7.77. The lowest BCUT2D eigenvalue weighted by atomic mass is 10.0. The van der Waals surface area contributed by atoms with Gasteiger partial charge in [0.05, 0.1) is 13.3 Å². The number of oxazole rings is 1. The van der Waals surface area contributed by atoms with E-state index in [1.165, 1.54) is 18.9 Å². The third-order valence-electron chi connectivity index (χ3n) is 3.96. The molecule has 0 radical (unpaired) electrons. The molecule has 1 aromatic heterocycles. The quantitative estimate of drug-likeness (QED) is 0.693. The van der Waals surface area contributed by atoms with Crippen LogP contribution in [0.4, 0.5) is 0 Å². The summed E-state index contributed by atoms with van der Waals surface area (Å²) in [5.74, 6) is -0.493. The van der Waals surface area contributed by atoms with Crippen LogP contribution in [0.1, 0.15) is 34.5 Å². The van der Waals surface area contributed by atoms with Gasteiger partial charge in [-0.3, -0.25) is 0 Å². The lowest BCUT2D eigenvalue weighted by molar-refractivity contribution is 0.0553. The molecule has 0 fully saturated rings. The molecule has 25 heavy (non-hydrogen) atoms. The summed E-state index contributed by atoms with van der Waals surface area (Å²) < 4.78 is 9.78. The second-order valence-electron chi connectivity index (χ2n) is 5.67. The van der Waals surface area contributed by atoms with Crippen LogP contribution in [0.25, 0.3) is 11.1 Å². The molecule has 0 saturated heterocycles. The third kappa shape index (κ3) is 4.14. The summed E-state index contributed by atoms with van der Waals surface area (Å²) in [4.78, 5) is 15.3. The van der Waals surface area contributed by atoms with E-state index in [0.29, 0.717) is 12.8 Å². The van der Waals surface area contributed by atoms with E-state index < -0.39 is 12.1 Å². The zero-order chi connectivity index (χ0) is 17.6. The van der Waals surface area contributed by atoms with Crippen molar-refractivity contribution in [3.8, 4) is 11.1 Å². The van der Waals surface area contributed by atoms with Crippen LogP contribution in [0.5, 0.6) is 0 Å². The lowest BCUT2D eigenvalue weighted by Gasteiger charge is -2.08. The van der Waals surface area contributed by atoms with Crippen molar-refractivity contribution >= 4 is 5.97 Å². The highest BCUT2D eigenvalue weighted by atomic mass is 16.5. The van der Waals surface area contributed by atoms with E-state index >= 15 is 0 Å². The molecule has 5 nitrogen and oxygen atoms in total. The van der Waals surface area contributed by atoms with Gasteiger partial charge in [-0.2, -0.15) is 0 Å². The summed E-state index contributed by atoms with van der Waals surface area (Å²) in [5, 5.41) is 10.2. The molecule has 128 valence electrons. The van der Waals surface area contributed by atoms with Gasteiger partial charge in [-0.05, 0) is 29.5 Å². The topological polar surface area (TPSA) is 72.6 Å². The van der Waals surface area contributed by atoms with Gasteiger partial charge in [0.25, 0.3) is 0 Å². The van der Waals surface area contributed by atoms with Gasteiger partial charge in [-0.15, -0.1) is 0 Å². The van der Waals surface area contributed by atoms with Gasteiger partial charge >= 0.3 is 5.97 Å². The molecule has 1 heterocycles. The molecular weight excluding hydrogens is 318 g/mol. The van der Waals surface area contributed by atoms with E-state index in [-0.39, 0.29) is 11.7 Å². The number of carbonyl (C=O) groups excluding carboxylic acids is 1. The van der Waals surface area contributed by atoms with Crippen LogP contribution in [0.15, 0.2) is 65.2 Å². The predicted octanol–water partition coefficient (Wildman–Crippen LogP) is 3.79. The van der Waals surface area contributed by atoms with Gasteiger partial charge in [0.15, 0.2) is 0 Å². The van der Waals surface area contributed by atoms with Crippen molar-refractivity contribution in [2.24, 2.45) is 0 Å². The highest BCUT2D eigenvalue weighted by Crippen LogP contribution is 2.22. The number of rotatable bonds is 6. The van der Waals surface area contributed by atoms with E-state index in [4.69, 9.17) is 4.42 Å². The van der Waals surface area contributed by atoms with E-state index in [0.717, 1.165) is 11.1 Å². The minimum Gasteiger partial charge on any atom is -0.463 e. The number of aryl methyl sites for hydroxylation is 1. The normalized spacial score (nSPS) is 11.9. The smallest absolute Gasteiger partial charge is 0.375 e. The maximum atomic E-state index is 11.3. The fourth-order valence-electron chi connectivity index (χ4n) is 2.56. The summed E-state index contributed by atoms with van der Waals surface area (Å²) >= 11 is 0. The van der Waals surface area contributed by atoms with Crippen LogP contribution < -0.4 is 0 Å². The maximum Gasteiger partial charge on any atom is 0.375 e. The van der Waals surface area contributed by atoms with Crippen LogP contribution in [-0.2, 0) is 11.2 Å². The van der Waals surface area contributed by atoms with E-state index in [9.17, 15) is 9.90 Å². The Hall–Kier alpha value is -2.92. The van der Waals surface area contributed by atoms with Crippen molar-refractivity contribution < 1.29 is 19.1 Å². The number of methoxy groups -OCH3 is 1. The van der Waals surface area contributed by atoms with Crippen molar-refractivity contribution in [1.29, 1.82) is 0 Å².